The first-order valence-electron chi connectivity index (χ1n) is 12.4. The third kappa shape index (κ3) is 5.22. The van der Waals surface area contributed by atoms with Gasteiger partial charge in [-0.05, 0) is 54.3 Å². The van der Waals surface area contributed by atoms with Crippen LogP contribution in [0.25, 0.3) is 0 Å². The number of amides is 2. The van der Waals surface area contributed by atoms with Gasteiger partial charge >= 0.3 is 0 Å². The lowest BCUT2D eigenvalue weighted by molar-refractivity contribution is -0.138. The predicted octanol–water partition coefficient (Wildman–Crippen LogP) is 5.19. The second-order valence-corrected chi connectivity index (χ2v) is 10.3. The van der Waals surface area contributed by atoms with E-state index in [1.165, 1.54) is 0 Å². The van der Waals surface area contributed by atoms with Crippen molar-refractivity contribution < 1.29 is 14.4 Å². The first-order valence-corrected chi connectivity index (χ1v) is 13.1. The fraction of sp³-hybridized carbons (Fsp3) is 0.321. The molecular formula is C28H28Cl2N4O3. The van der Waals surface area contributed by atoms with E-state index in [1.54, 1.807) is 41.4 Å². The molecule has 4 unspecified atom stereocenters. The molecule has 1 fully saturated rings. The van der Waals surface area contributed by atoms with E-state index in [0.717, 1.165) is 25.7 Å². The Hall–Kier alpha value is -2.97. The minimum atomic E-state index is -0.787. The molecule has 2 aliphatic rings. The van der Waals surface area contributed by atoms with Gasteiger partial charge in [-0.3, -0.25) is 19.4 Å². The molecule has 0 bridgehead atoms. The molecule has 37 heavy (non-hydrogen) atoms. The number of nitrogens with one attached hydrogen (secondary N) is 1. The Morgan fingerprint density at radius 2 is 1.84 bits per heavy atom. The fourth-order valence-electron chi connectivity index (χ4n) is 5.48. The number of rotatable bonds is 6. The number of benzene rings is 2. The Balaban J connectivity index is 1.57. The number of pyridine rings is 1. The average Bonchev–Trinajstić information content (AvgIpc) is 2.90. The quantitative estimate of drug-likeness (QED) is 0.421. The van der Waals surface area contributed by atoms with Gasteiger partial charge in [-0.2, -0.15) is 0 Å². The van der Waals surface area contributed by atoms with Crippen LogP contribution in [0, 0.1) is 0 Å². The number of fused-ring (bicyclic) bond motifs is 1. The van der Waals surface area contributed by atoms with Crippen molar-refractivity contribution in [2.75, 3.05) is 0 Å². The zero-order valence-corrected chi connectivity index (χ0v) is 21.7. The van der Waals surface area contributed by atoms with Gasteiger partial charge in [0.05, 0.1) is 17.7 Å². The smallest absolute Gasteiger partial charge is 0.255 e. The molecule has 1 aliphatic heterocycles. The SMILES string of the molecule is NC1CCCCC1N1C(=O)c2ccccc2C(C(=O)NOCc2ccccn2)C1c1ccc(Cl)cc1Cl. The maximum atomic E-state index is 14.0. The second-order valence-electron chi connectivity index (χ2n) is 9.48. The Morgan fingerprint density at radius 1 is 1.05 bits per heavy atom. The van der Waals surface area contributed by atoms with Gasteiger partial charge < -0.3 is 10.6 Å². The van der Waals surface area contributed by atoms with Crippen LogP contribution in [0.3, 0.4) is 0 Å². The number of hydrogen-bond donors (Lipinski definition) is 2. The van der Waals surface area contributed by atoms with Crippen molar-refractivity contribution in [1.29, 1.82) is 0 Å². The van der Waals surface area contributed by atoms with Crippen LogP contribution in [0.15, 0.2) is 66.9 Å². The summed E-state index contributed by atoms with van der Waals surface area (Å²) in [5.74, 6) is -1.33. The summed E-state index contributed by atoms with van der Waals surface area (Å²) in [4.78, 5) is 39.4. The van der Waals surface area contributed by atoms with E-state index in [4.69, 9.17) is 33.8 Å². The number of nitrogens with zero attached hydrogens (tertiary/aromatic N) is 2. The molecule has 3 aromatic rings. The number of hydrogen-bond acceptors (Lipinski definition) is 5. The highest BCUT2D eigenvalue weighted by molar-refractivity contribution is 6.35. The number of hydroxylamine groups is 1. The summed E-state index contributed by atoms with van der Waals surface area (Å²) in [6.07, 6.45) is 5.18. The Labute approximate surface area is 225 Å². The maximum absolute atomic E-state index is 14.0. The standard InChI is InChI=1S/C28H28Cl2N4O3/c29-17-12-13-21(22(30)15-17)26-25(27(35)33-37-16-18-7-5-6-14-32-18)19-8-1-2-9-20(19)28(36)34(26)24-11-4-3-10-23(24)31/h1-2,5-9,12-15,23-26H,3-4,10-11,16,31H2,(H,33,35). The highest BCUT2D eigenvalue weighted by Gasteiger charge is 2.48. The van der Waals surface area contributed by atoms with Gasteiger partial charge in [-0.1, -0.05) is 66.4 Å². The molecule has 5 rings (SSSR count). The summed E-state index contributed by atoms with van der Waals surface area (Å²) < 4.78 is 0. The minimum Gasteiger partial charge on any atom is -0.326 e. The molecule has 2 aromatic carbocycles. The first kappa shape index (κ1) is 25.7. The summed E-state index contributed by atoms with van der Waals surface area (Å²) in [6, 6.07) is 16.7. The lowest BCUT2D eigenvalue weighted by Crippen LogP contribution is -2.57. The summed E-state index contributed by atoms with van der Waals surface area (Å²) in [6.45, 7) is 0.101. The van der Waals surface area contributed by atoms with E-state index < -0.39 is 12.0 Å². The number of carbonyl (C=O) groups excluding carboxylic acids is 2. The van der Waals surface area contributed by atoms with Gasteiger partial charge in [0.25, 0.3) is 11.8 Å². The largest absolute Gasteiger partial charge is 0.326 e. The predicted molar refractivity (Wildman–Crippen MR) is 142 cm³/mol. The maximum Gasteiger partial charge on any atom is 0.255 e. The summed E-state index contributed by atoms with van der Waals surface area (Å²) in [7, 11) is 0. The molecule has 4 atom stereocenters. The zero-order chi connectivity index (χ0) is 25.9. The molecule has 1 aliphatic carbocycles. The molecule has 0 radical (unpaired) electrons. The number of carbonyl (C=O) groups is 2. The van der Waals surface area contributed by atoms with Crippen LogP contribution >= 0.6 is 23.2 Å². The van der Waals surface area contributed by atoms with Gasteiger partial charge in [0.2, 0.25) is 0 Å². The van der Waals surface area contributed by atoms with Crippen molar-refractivity contribution in [3.05, 3.63) is 99.3 Å². The molecule has 7 nitrogen and oxygen atoms in total. The third-order valence-electron chi connectivity index (χ3n) is 7.20. The summed E-state index contributed by atoms with van der Waals surface area (Å²) in [5.41, 5.74) is 11.6. The molecule has 9 heteroatoms. The van der Waals surface area contributed by atoms with Crippen LogP contribution in [0.5, 0.6) is 0 Å². The topological polar surface area (TPSA) is 97.5 Å². The van der Waals surface area contributed by atoms with Gasteiger partial charge in [0.1, 0.15) is 6.61 Å². The highest BCUT2D eigenvalue weighted by Crippen LogP contribution is 2.47. The highest BCUT2D eigenvalue weighted by atomic mass is 35.5. The molecule has 2 amide bonds. The summed E-state index contributed by atoms with van der Waals surface area (Å²) >= 11 is 12.9. The molecule has 0 spiro atoms. The zero-order valence-electron chi connectivity index (χ0n) is 20.1. The lowest BCUT2D eigenvalue weighted by Gasteiger charge is -2.48. The van der Waals surface area contributed by atoms with Crippen molar-refractivity contribution in [2.24, 2.45) is 5.73 Å². The number of halogens is 2. The fourth-order valence-corrected chi connectivity index (χ4v) is 6.01. The monoisotopic (exact) mass is 538 g/mol. The van der Waals surface area contributed by atoms with Crippen LogP contribution in [0.1, 0.15) is 64.8 Å². The van der Waals surface area contributed by atoms with E-state index in [0.29, 0.717) is 32.4 Å². The molecule has 3 N–H and O–H groups in total. The molecular weight excluding hydrogens is 511 g/mol. The van der Waals surface area contributed by atoms with E-state index >= 15 is 0 Å². The molecule has 1 saturated carbocycles. The van der Waals surface area contributed by atoms with E-state index in [-0.39, 0.29) is 30.5 Å². The first-order chi connectivity index (χ1) is 18.0. The Bertz CT molecular complexity index is 1290. The van der Waals surface area contributed by atoms with Gasteiger partial charge in [-0.15, -0.1) is 0 Å². The Kier molecular flexibility index (Phi) is 7.76. The van der Waals surface area contributed by atoms with Crippen molar-refractivity contribution >= 4 is 35.0 Å². The van der Waals surface area contributed by atoms with E-state index in [9.17, 15) is 9.59 Å². The van der Waals surface area contributed by atoms with Crippen molar-refractivity contribution in [3.63, 3.8) is 0 Å². The minimum absolute atomic E-state index is 0.101. The van der Waals surface area contributed by atoms with Crippen LogP contribution < -0.4 is 11.2 Å². The van der Waals surface area contributed by atoms with Crippen LogP contribution in [0.2, 0.25) is 10.0 Å². The second kappa shape index (κ2) is 11.2. The molecule has 0 saturated heterocycles. The van der Waals surface area contributed by atoms with Crippen LogP contribution in [-0.2, 0) is 16.2 Å². The van der Waals surface area contributed by atoms with Gasteiger partial charge in [-0.25, -0.2) is 5.48 Å². The van der Waals surface area contributed by atoms with Crippen LogP contribution in [-0.4, -0.2) is 33.8 Å². The Morgan fingerprint density at radius 3 is 2.59 bits per heavy atom. The van der Waals surface area contributed by atoms with E-state index in [1.807, 2.05) is 30.3 Å². The van der Waals surface area contributed by atoms with Crippen molar-refractivity contribution in [3.8, 4) is 0 Å². The van der Waals surface area contributed by atoms with Gasteiger partial charge in [0, 0.05) is 33.9 Å². The third-order valence-corrected chi connectivity index (χ3v) is 7.76. The normalized spacial score (nSPS) is 23.4. The van der Waals surface area contributed by atoms with Crippen molar-refractivity contribution in [2.45, 2.75) is 56.3 Å². The molecule has 1 aromatic heterocycles. The molecule has 192 valence electrons. The summed E-state index contributed by atoms with van der Waals surface area (Å²) in [5, 5.41) is 0.850. The van der Waals surface area contributed by atoms with E-state index in [2.05, 4.69) is 10.5 Å². The van der Waals surface area contributed by atoms with Crippen LogP contribution in [0.4, 0.5) is 0 Å². The number of nitrogens with two attached hydrogens (primary N) is 1. The van der Waals surface area contributed by atoms with Crippen molar-refractivity contribution in [1.82, 2.24) is 15.4 Å². The lowest BCUT2D eigenvalue weighted by atomic mass is 9.76. The van der Waals surface area contributed by atoms with Gasteiger partial charge in [0.15, 0.2) is 0 Å². The number of aromatic nitrogens is 1. The molecule has 2 heterocycles. The average molecular weight is 539 g/mol.